The molecule has 0 saturated carbocycles. The Hall–Kier alpha value is -0.540. The minimum absolute atomic E-state index is 0.780. The number of rotatable bonds is 5. The van der Waals surface area contributed by atoms with Crippen molar-refractivity contribution in [2.45, 2.75) is 13.0 Å². The Morgan fingerprint density at radius 1 is 1.00 bits per heavy atom. The maximum absolute atomic E-state index is 5.87. The monoisotopic (exact) mass is 285 g/mol. The molecule has 0 atom stereocenters. The van der Waals surface area contributed by atoms with Gasteiger partial charge in [-0.15, -0.1) is 11.3 Å². The summed E-state index contributed by atoms with van der Waals surface area (Å²) in [5.41, 5.74) is 1.25. The Bertz CT molecular complexity index is 465. The first-order chi connectivity index (χ1) is 8.24. The highest BCUT2D eigenvalue weighted by Gasteiger charge is 1.98. The molecule has 0 fully saturated rings. The molecular weight excluding hydrogens is 273 g/mol. The topological polar surface area (TPSA) is 12.0 Å². The third-order valence-corrected chi connectivity index (χ3v) is 3.96. The molecule has 0 saturated heterocycles. The Morgan fingerprint density at radius 2 is 1.76 bits per heavy atom. The fourth-order valence-electron chi connectivity index (χ4n) is 1.53. The summed E-state index contributed by atoms with van der Waals surface area (Å²) < 4.78 is 0.859. The molecule has 1 nitrogen and oxygen atoms in total. The van der Waals surface area contributed by atoms with Crippen LogP contribution < -0.4 is 5.32 Å². The van der Waals surface area contributed by atoms with Crippen LogP contribution in [0.5, 0.6) is 0 Å². The molecule has 0 amide bonds. The van der Waals surface area contributed by atoms with Crippen LogP contribution in [-0.2, 0) is 13.0 Å². The molecule has 1 heterocycles. The second-order valence-electron chi connectivity index (χ2n) is 3.76. The molecular formula is C13H13Cl2NS. The molecule has 0 aliphatic carbocycles. The first kappa shape index (κ1) is 12.9. The second kappa shape index (κ2) is 6.41. The average Bonchev–Trinajstić information content (AvgIpc) is 2.73. The van der Waals surface area contributed by atoms with E-state index in [9.17, 15) is 0 Å². The van der Waals surface area contributed by atoms with Gasteiger partial charge in [-0.2, -0.15) is 0 Å². The minimum atomic E-state index is 0.780. The van der Waals surface area contributed by atoms with Crippen molar-refractivity contribution in [1.29, 1.82) is 0 Å². The third-order valence-electron chi connectivity index (χ3n) is 2.42. The van der Waals surface area contributed by atoms with Gasteiger partial charge in [0.15, 0.2) is 0 Å². The van der Waals surface area contributed by atoms with Crippen molar-refractivity contribution in [2.24, 2.45) is 0 Å². The van der Waals surface area contributed by atoms with E-state index in [0.717, 1.165) is 28.9 Å². The predicted octanol–water partition coefficient (Wildman–Crippen LogP) is 4.39. The lowest BCUT2D eigenvalue weighted by Gasteiger charge is -2.04. The van der Waals surface area contributed by atoms with E-state index in [1.165, 1.54) is 10.4 Å². The van der Waals surface area contributed by atoms with E-state index in [-0.39, 0.29) is 0 Å². The van der Waals surface area contributed by atoms with E-state index in [1.807, 2.05) is 30.3 Å². The smallest absolute Gasteiger partial charge is 0.0931 e. The SMILES string of the molecule is Clc1ccc(CNCCc2ccc(Cl)s2)cc1. The average molecular weight is 286 g/mol. The van der Waals surface area contributed by atoms with Crippen LogP contribution in [-0.4, -0.2) is 6.54 Å². The van der Waals surface area contributed by atoms with Crippen molar-refractivity contribution in [2.75, 3.05) is 6.54 Å². The summed E-state index contributed by atoms with van der Waals surface area (Å²) in [4.78, 5) is 1.32. The van der Waals surface area contributed by atoms with Crippen molar-refractivity contribution in [1.82, 2.24) is 5.32 Å². The Kier molecular flexibility index (Phi) is 4.86. The lowest BCUT2D eigenvalue weighted by atomic mass is 10.2. The quantitative estimate of drug-likeness (QED) is 0.804. The third kappa shape index (κ3) is 4.32. The number of nitrogens with one attached hydrogen (secondary N) is 1. The van der Waals surface area contributed by atoms with Gasteiger partial charge in [0, 0.05) is 23.0 Å². The number of halogens is 2. The van der Waals surface area contributed by atoms with Crippen LogP contribution in [0.15, 0.2) is 36.4 Å². The zero-order chi connectivity index (χ0) is 12.1. The van der Waals surface area contributed by atoms with E-state index in [2.05, 4.69) is 11.4 Å². The molecule has 0 aliphatic heterocycles. The molecule has 0 radical (unpaired) electrons. The lowest BCUT2D eigenvalue weighted by molar-refractivity contribution is 0.691. The molecule has 0 bridgehead atoms. The molecule has 1 aromatic heterocycles. The maximum atomic E-state index is 5.87. The van der Waals surface area contributed by atoms with Gasteiger partial charge in [0.1, 0.15) is 0 Å². The highest BCUT2D eigenvalue weighted by molar-refractivity contribution is 7.16. The summed E-state index contributed by atoms with van der Waals surface area (Å²) in [6.07, 6.45) is 1.02. The van der Waals surface area contributed by atoms with Crippen LogP contribution in [0.4, 0.5) is 0 Å². The van der Waals surface area contributed by atoms with Crippen LogP contribution >= 0.6 is 34.5 Å². The van der Waals surface area contributed by atoms with Crippen LogP contribution in [0, 0.1) is 0 Å². The van der Waals surface area contributed by atoms with E-state index >= 15 is 0 Å². The summed E-state index contributed by atoms with van der Waals surface area (Å²) in [5, 5.41) is 4.18. The van der Waals surface area contributed by atoms with Crippen molar-refractivity contribution in [3.63, 3.8) is 0 Å². The fourth-order valence-corrected chi connectivity index (χ4v) is 2.75. The van der Waals surface area contributed by atoms with Gasteiger partial charge in [-0.05, 0) is 36.2 Å². The first-order valence-electron chi connectivity index (χ1n) is 5.43. The highest BCUT2D eigenvalue weighted by atomic mass is 35.5. The van der Waals surface area contributed by atoms with Crippen molar-refractivity contribution in [3.05, 3.63) is 56.2 Å². The molecule has 0 unspecified atom stereocenters. The summed E-state index contributed by atoms with van der Waals surface area (Å²) in [5.74, 6) is 0. The Morgan fingerprint density at radius 3 is 2.41 bits per heavy atom. The minimum Gasteiger partial charge on any atom is -0.312 e. The molecule has 0 spiro atoms. The van der Waals surface area contributed by atoms with Crippen molar-refractivity contribution >= 4 is 34.5 Å². The molecule has 0 aliphatic rings. The van der Waals surface area contributed by atoms with Gasteiger partial charge in [0.25, 0.3) is 0 Å². The Labute approximate surface area is 115 Å². The molecule has 4 heteroatoms. The molecule has 17 heavy (non-hydrogen) atoms. The predicted molar refractivity (Wildman–Crippen MR) is 76.2 cm³/mol. The van der Waals surface area contributed by atoms with Crippen LogP contribution in [0.1, 0.15) is 10.4 Å². The fraction of sp³-hybridized carbons (Fsp3) is 0.231. The van der Waals surface area contributed by atoms with Gasteiger partial charge < -0.3 is 5.32 Å². The molecule has 90 valence electrons. The first-order valence-corrected chi connectivity index (χ1v) is 7.00. The zero-order valence-corrected chi connectivity index (χ0v) is 11.6. The van der Waals surface area contributed by atoms with E-state index in [1.54, 1.807) is 11.3 Å². The van der Waals surface area contributed by atoms with Gasteiger partial charge in [-0.3, -0.25) is 0 Å². The van der Waals surface area contributed by atoms with E-state index < -0.39 is 0 Å². The van der Waals surface area contributed by atoms with Gasteiger partial charge >= 0.3 is 0 Å². The standard InChI is InChI=1S/C13H13Cl2NS/c14-11-3-1-10(2-4-11)9-16-8-7-12-5-6-13(15)17-12/h1-6,16H,7-9H2. The Balaban J connectivity index is 1.71. The second-order valence-corrected chi connectivity index (χ2v) is 6.00. The summed E-state index contributed by atoms with van der Waals surface area (Å²) in [7, 11) is 0. The summed E-state index contributed by atoms with van der Waals surface area (Å²) >= 11 is 13.3. The van der Waals surface area contributed by atoms with Gasteiger partial charge in [0.05, 0.1) is 4.34 Å². The summed E-state index contributed by atoms with van der Waals surface area (Å²) in [6.45, 7) is 1.83. The summed E-state index contributed by atoms with van der Waals surface area (Å²) in [6, 6.07) is 11.9. The zero-order valence-electron chi connectivity index (χ0n) is 9.25. The lowest BCUT2D eigenvalue weighted by Crippen LogP contribution is -2.16. The largest absolute Gasteiger partial charge is 0.312 e. The highest BCUT2D eigenvalue weighted by Crippen LogP contribution is 2.21. The van der Waals surface area contributed by atoms with E-state index in [0.29, 0.717) is 0 Å². The number of thiophene rings is 1. The van der Waals surface area contributed by atoms with Gasteiger partial charge in [-0.1, -0.05) is 35.3 Å². The van der Waals surface area contributed by atoms with Gasteiger partial charge in [0.2, 0.25) is 0 Å². The van der Waals surface area contributed by atoms with Crippen LogP contribution in [0.25, 0.3) is 0 Å². The molecule has 1 aromatic carbocycles. The molecule has 2 rings (SSSR count). The van der Waals surface area contributed by atoms with Gasteiger partial charge in [-0.25, -0.2) is 0 Å². The molecule has 1 N–H and O–H groups in total. The number of benzene rings is 1. The van der Waals surface area contributed by atoms with Crippen molar-refractivity contribution in [3.8, 4) is 0 Å². The maximum Gasteiger partial charge on any atom is 0.0931 e. The molecule has 2 aromatic rings. The number of hydrogen-bond donors (Lipinski definition) is 1. The van der Waals surface area contributed by atoms with Crippen LogP contribution in [0.2, 0.25) is 9.36 Å². The van der Waals surface area contributed by atoms with Crippen LogP contribution in [0.3, 0.4) is 0 Å². The number of hydrogen-bond acceptors (Lipinski definition) is 2. The normalized spacial score (nSPS) is 10.7. The van der Waals surface area contributed by atoms with E-state index in [4.69, 9.17) is 23.2 Å². The van der Waals surface area contributed by atoms with Crippen molar-refractivity contribution < 1.29 is 0 Å².